The second-order valence-electron chi connectivity index (χ2n) is 18.5. The summed E-state index contributed by atoms with van der Waals surface area (Å²) in [6.07, 6.45) is 12.8. The summed E-state index contributed by atoms with van der Waals surface area (Å²) in [7, 11) is 0. The van der Waals surface area contributed by atoms with Crippen LogP contribution >= 0.6 is 0 Å². The quantitative estimate of drug-likeness (QED) is 0.251. The molecule has 0 aliphatic heterocycles. The molecule has 51 heavy (non-hydrogen) atoms. The van der Waals surface area contributed by atoms with E-state index in [0.717, 1.165) is 37.7 Å². The fourth-order valence-electron chi connectivity index (χ4n) is 13.6. The zero-order chi connectivity index (χ0) is 36.7. The summed E-state index contributed by atoms with van der Waals surface area (Å²) in [4.78, 5) is 36.6. The minimum Gasteiger partial charge on any atom is -0.478 e. The summed E-state index contributed by atoms with van der Waals surface area (Å²) < 4.78 is 0. The zero-order valence-corrected chi connectivity index (χ0v) is 31.5. The molecule has 0 heterocycles. The van der Waals surface area contributed by atoms with E-state index in [4.69, 9.17) is 0 Å². The van der Waals surface area contributed by atoms with Crippen molar-refractivity contribution < 1.29 is 24.6 Å². The van der Waals surface area contributed by atoms with Crippen molar-refractivity contribution in [1.29, 1.82) is 0 Å². The van der Waals surface area contributed by atoms with Gasteiger partial charge in [0.15, 0.2) is 0 Å². The summed E-state index contributed by atoms with van der Waals surface area (Å²) in [5, 5.41) is 22.3. The minimum absolute atomic E-state index is 0.0127. The van der Waals surface area contributed by atoms with Gasteiger partial charge in [0.05, 0.1) is 11.1 Å². The number of carbonyl (C=O) groups is 3. The number of allylic oxidation sites excluding steroid dienone is 3. The number of rotatable bonds is 7. The van der Waals surface area contributed by atoms with Crippen LogP contribution in [0.2, 0.25) is 0 Å². The molecule has 5 aliphatic carbocycles. The van der Waals surface area contributed by atoms with Crippen molar-refractivity contribution in [1.82, 2.24) is 5.32 Å². The van der Waals surface area contributed by atoms with E-state index in [2.05, 4.69) is 59.5 Å². The molecule has 0 aromatic heterocycles. The van der Waals surface area contributed by atoms with E-state index in [1.807, 2.05) is 12.1 Å². The van der Waals surface area contributed by atoms with E-state index in [1.165, 1.54) is 49.0 Å². The molecular weight excluding hydrogens is 634 g/mol. The predicted molar refractivity (Wildman–Crippen MR) is 201 cm³/mol. The maximum Gasteiger partial charge on any atom is 0.335 e. The second kappa shape index (κ2) is 12.2. The van der Waals surface area contributed by atoms with Crippen LogP contribution in [0.5, 0.6) is 0 Å². The number of fused-ring (bicyclic) bond motifs is 7. The third-order valence-corrected chi connectivity index (χ3v) is 16.2. The highest BCUT2D eigenvalue weighted by Crippen LogP contribution is 2.77. The average Bonchev–Trinajstić information content (AvgIpc) is 3.48. The Labute approximate surface area is 304 Å². The van der Waals surface area contributed by atoms with E-state index in [0.29, 0.717) is 47.3 Å². The topological polar surface area (TPSA) is 104 Å². The van der Waals surface area contributed by atoms with E-state index >= 15 is 0 Å². The highest BCUT2D eigenvalue weighted by molar-refractivity contribution is 5.97. The van der Waals surface area contributed by atoms with Gasteiger partial charge in [0.1, 0.15) is 0 Å². The molecule has 7 rings (SSSR count). The summed E-state index contributed by atoms with van der Waals surface area (Å²) in [6, 6.07) is 13.9. The van der Waals surface area contributed by atoms with Gasteiger partial charge in [0.2, 0.25) is 0 Å². The fraction of sp³-hybridized carbons (Fsp3) is 0.578. The van der Waals surface area contributed by atoms with Gasteiger partial charge in [-0.15, -0.1) is 0 Å². The summed E-state index contributed by atoms with van der Waals surface area (Å²) in [5.41, 5.74) is 5.17. The predicted octanol–water partition coefficient (Wildman–Crippen LogP) is 10.2. The highest BCUT2D eigenvalue weighted by atomic mass is 16.4. The molecule has 9 unspecified atom stereocenters. The Morgan fingerprint density at radius 1 is 0.784 bits per heavy atom. The number of hydrogen-bond donors (Lipinski definition) is 3. The maximum atomic E-state index is 13.5. The number of nitrogens with one attached hydrogen (secondary N) is 1. The lowest BCUT2D eigenvalue weighted by atomic mass is 9.32. The van der Waals surface area contributed by atoms with Crippen LogP contribution in [0.3, 0.4) is 0 Å². The molecule has 4 saturated carbocycles. The molecule has 0 saturated heterocycles. The number of carboxylic acid groups (broad SMARTS) is 2. The molecule has 1 amide bonds. The average molecular weight is 692 g/mol. The Kier molecular flexibility index (Phi) is 8.55. The molecule has 0 bridgehead atoms. The van der Waals surface area contributed by atoms with Crippen molar-refractivity contribution in [2.75, 3.05) is 6.54 Å². The first-order chi connectivity index (χ1) is 24.0. The largest absolute Gasteiger partial charge is 0.478 e. The Bertz CT molecular complexity index is 1810. The SMILES string of the molecule is C=C(C)C1CCC2(CNC(=O)c3cccc(C(=O)O)c3)CCC3(C)C(CCC4C5(C)CC=C(c6ccc(C(=O)O)cc6)C(C)(C)C5CCC43C)C12. The monoisotopic (exact) mass is 691 g/mol. The van der Waals surface area contributed by atoms with Gasteiger partial charge >= 0.3 is 11.9 Å². The third-order valence-electron chi connectivity index (χ3n) is 16.2. The molecule has 272 valence electrons. The Morgan fingerprint density at radius 2 is 1.47 bits per heavy atom. The molecule has 4 fully saturated rings. The van der Waals surface area contributed by atoms with E-state index in [1.54, 1.807) is 24.3 Å². The molecular formula is C45H57NO5. The van der Waals surface area contributed by atoms with Gasteiger partial charge in [0.25, 0.3) is 5.91 Å². The number of carboxylic acids is 2. The smallest absolute Gasteiger partial charge is 0.335 e. The van der Waals surface area contributed by atoms with Crippen molar-refractivity contribution in [2.24, 2.45) is 56.7 Å². The van der Waals surface area contributed by atoms with Gasteiger partial charge in [0, 0.05) is 12.1 Å². The molecule has 9 atom stereocenters. The van der Waals surface area contributed by atoms with Crippen molar-refractivity contribution in [3.05, 3.63) is 89.0 Å². The van der Waals surface area contributed by atoms with Gasteiger partial charge in [-0.05, 0) is 163 Å². The number of benzene rings is 2. The Balaban J connectivity index is 1.18. The molecule has 5 aliphatic rings. The third kappa shape index (κ3) is 5.28. The van der Waals surface area contributed by atoms with Crippen LogP contribution in [0.15, 0.2) is 66.8 Å². The summed E-state index contributed by atoms with van der Waals surface area (Å²) >= 11 is 0. The van der Waals surface area contributed by atoms with Crippen LogP contribution in [0, 0.1) is 56.7 Å². The standard InChI is InChI=1S/C45H57NO5/c1-27(2)32-17-22-45(26-46-38(47)30-9-8-10-31(25-30)40(50)51)24-23-43(6)34(37(32)45)15-16-36-42(5)20-18-33(28-11-13-29(14-12-28)39(48)49)41(3,4)35(42)19-21-44(36,43)7/h8-14,18,25,32,34-37H,1,15-17,19-24,26H2,2-7H3,(H,46,47)(H,48,49)(H,50,51). The van der Waals surface area contributed by atoms with Crippen molar-refractivity contribution in [2.45, 2.75) is 99.3 Å². The van der Waals surface area contributed by atoms with E-state index < -0.39 is 11.9 Å². The molecule has 0 spiro atoms. The lowest BCUT2D eigenvalue weighted by molar-refractivity contribution is -0.224. The lowest BCUT2D eigenvalue weighted by Crippen LogP contribution is -2.66. The molecule has 2 aromatic carbocycles. The summed E-state index contributed by atoms with van der Waals surface area (Å²) in [5.74, 6) is 0.505. The molecule has 0 radical (unpaired) electrons. The molecule has 6 nitrogen and oxygen atoms in total. The number of amides is 1. The first kappa shape index (κ1) is 35.7. The minimum atomic E-state index is -1.03. The van der Waals surface area contributed by atoms with Gasteiger partial charge in [-0.2, -0.15) is 0 Å². The summed E-state index contributed by atoms with van der Waals surface area (Å²) in [6.45, 7) is 20.1. The van der Waals surface area contributed by atoms with Gasteiger partial charge in [-0.3, -0.25) is 4.79 Å². The fourth-order valence-corrected chi connectivity index (χ4v) is 13.6. The van der Waals surface area contributed by atoms with Crippen molar-refractivity contribution in [3.8, 4) is 0 Å². The number of hydrogen-bond acceptors (Lipinski definition) is 3. The molecule has 2 aromatic rings. The van der Waals surface area contributed by atoms with Gasteiger partial charge in [-0.25, -0.2) is 9.59 Å². The van der Waals surface area contributed by atoms with Crippen LogP contribution in [0.4, 0.5) is 0 Å². The van der Waals surface area contributed by atoms with Crippen LogP contribution in [-0.4, -0.2) is 34.6 Å². The second-order valence-corrected chi connectivity index (χ2v) is 18.5. The zero-order valence-electron chi connectivity index (χ0n) is 31.5. The Hall–Kier alpha value is -3.67. The number of aromatic carboxylic acids is 2. The first-order valence-corrected chi connectivity index (χ1v) is 19.3. The van der Waals surface area contributed by atoms with Crippen LogP contribution < -0.4 is 5.32 Å². The van der Waals surface area contributed by atoms with Crippen LogP contribution in [-0.2, 0) is 0 Å². The number of carbonyl (C=O) groups excluding carboxylic acids is 1. The molecule has 3 N–H and O–H groups in total. The molecule has 6 heteroatoms. The maximum absolute atomic E-state index is 13.5. The van der Waals surface area contributed by atoms with Crippen LogP contribution in [0.25, 0.3) is 5.57 Å². The van der Waals surface area contributed by atoms with Crippen molar-refractivity contribution >= 4 is 23.4 Å². The van der Waals surface area contributed by atoms with E-state index in [-0.39, 0.29) is 38.5 Å². The first-order valence-electron chi connectivity index (χ1n) is 19.3. The Morgan fingerprint density at radius 3 is 2.14 bits per heavy atom. The van der Waals surface area contributed by atoms with Crippen LogP contribution in [0.1, 0.15) is 136 Å². The highest BCUT2D eigenvalue weighted by Gasteiger charge is 2.70. The lowest BCUT2D eigenvalue weighted by Gasteiger charge is -2.72. The van der Waals surface area contributed by atoms with E-state index in [9.17, 15) is 24.6 Å². The van der Waals surface area contributed by atoms with Gasteiger partial charge < -0.3 is 15.5 Å². The van der Waals surface area contributed by atoms with Crippen molar-refractivity contribution in [3.63, 3.8) is 0 Å². The van der Waals surface area contributed by atoms with Gasteiger partial charge in [-0.1, -0.05) is 71.0 Å². The normalized spacial score (nSPS) is 37.8.